The molecule has 0 fully saturated rings. The van der Waals surface area contributed by atoms with Crippen molar-refractivity contribution in [2.75, 3.05) is 6.61 Å². The topological polar surface area (TPSA) is 83.8 Å². The van der Waals surface area contributed by atoms with E-state index in [1.807, 2.05) is 31.2 Å². The third-order valence-electron chi connectivity index (χ3n) is 4.03. The number of benzene rings is 2. The Labute approximate surface area is 140 Å². The molecule has 0 atom stereocenters. The van der Waals surface area contributed by atoms with Crippen LogP contribution in [0.3, 0.4) is 0 Å². The van der Waals surface area contributed by atoms with Crippen LogP contribution in [0.25, 0.3) is 10.8 Å². The van der Waals surface area contributed by atoms with Crippen molar-refractivity contribution in [1.82, 2.24) is 0 Å². The molecule has 0 unspecified atom stereocenters. The lowest BCUT2D eigenvalue weighted by Crippen LogP contribution is -2.23. The van der Waals surface area contributed by atoms with Crippen LogP contribution < -0.4 is 4.74 Å². The van der Waals surface area contributed by atoms with E-state index in [9.17, 15) is 9.59 Å². The Morgan fingerprint density at radius 2 is 1.62 bits per heavy atom. The third kappa shape index (κ3) is 4.72. The summed E-state index contributed by atoms with van der Waals surface area (Å²) in [6.45, 7) is 2.54. The van der Waals surface area contributed by atoms with Gasteiger partial charge < -0.3 is 14.9 Å². The predicted octanol–water partition coefficient (Wildman–Crippen LogP) is 3.87. The van der Waals surface area contributed by atoms with E-state index in [0.717, 1.165) is 29.5 Å². The highest BCUT2D eigenvalue weighted by molar-refractivity contribution is 5.92. The predicted molar refractivity (Wildman–Crippen MR) is 91.4 cm³/mol. The minimum absolute atomic E-state index is 0.152. The highest BCUT2D eigenvalue weighted by Crippen LogP contribution is 2.25. The normalized spacial score (nSPS) is 10.9. The zero-order valence-corrected chi connectivity index (χ0v) is 13.7. The van der Waals surface area contributed by atoms with Crippen LogP contribution in [0, 0.1) is 12.8 Å². The minimum Gasteiger partial charge on any atom is -0.493 e. The second kappa shape index (κ2) is 8.34. The molecule has 128 valence electrons. The molecule has 5 nitrogen and oxygen atoms in total. The first-order chi connectivity index (χ1) is 11.5. The molecule has 2 aromatic rings. The lowest BCUT2D eigenvalue weighted by molar-refractivity contribution is -0.154. The van der Waals surface area contributed by atoms with E-state index in [1.165, 1.54) is 5.39 Å². The lowest BCUT2D eigenvalue weighted by atomic mass is 10.0. The standard InChI is InChI=1S/C19H22O5/c1-13-11-14-7-4-5-8-15(14)12-17(13)24-10-6-2-3-9-16(18(20)21)19(22)23/h4-5,7-8,11-12,16H,2-3,6,9-10H2,1H3,(H,20,21)(H,22,23). The quantitative estimate of drug-likeness (QED) is 0.538. The highest BCUT2D eigenvalue weighted by atomic mass is 16.5. The number of ether oxygens (including phenoxy) is 1. The van der Waals surface area contributed by atoms with Crippen LogP contribution in [0.15, 0.2) is 36.4 Å². The Kier molecular flexibility index (Phi) is 6.18. The van der Waals surface area contributed by atoms with Crippen molar-refractivity contribution in [3.63, 3.8) is 0 Å². The number of unbranched alkanes of at least 4 members (excludes halogenated alkanes) is 2. The number of rotatable bonds is 9. The Bertz CT molecular complexity index is 709. The molecule has 0 aliphatic carbocycles. The van der Waals surface area contributed by atoms with Gasteiger partial charge in [0.1, 0.15) is 5.75 Å². The summed E-state index contributed by atoms with van der Waals surface area (Å²) >= 11 is 0. The molecule has 5 heteroatoms. The molecule has 0 heterocycles. The van der Waals surface area contributed by atoms with Gasteiger partial charge in [-0.3, -0.25) is 9.59 Å². The van der Waals surface area contributed by atoms with Crippen molar-refractivity contribution in [2.45, 2.75) is 32.6 Å². The molecule has 0 spiro atoms. The number of carboxylic acids is 2. The van der Waals surface area contributed by atoms with Gasteiger partial charge in [0.15, 0.2) is 5.92 Å². The molecule has 0 radical (unpaired) electrons. The molecular weight excluding hydrogens is 308 g/mol. The van der Waals surface area contributed by atoms with Gasteiger partial charge in [0.25, 0.3) is 0 Å². The number of aliphatic carboxylic acids is 2. The summed E-state index contributed by atoms with van der Waals surface area (Å²) in [7, 11) is 0. The Balaban J connectivity index is 1.77. The van der Waals surface area contributed by atoms with Gasteiger partial charge in [0, 0.05) is 0 Å². The van der Waals surface area contributed by atoms with E-state index in [-0.39, 0.29) is 6.42 Å². The summed E-state index contributed by atoms with van der Waals surface area (Å²) in [4.78, 5) is 21.6. The van der Waals surface area contributed by atoms with Gasteiger partial charge in [-0.15, -0.1) is 0 Å². The maximum absolute atomic E-state index is 10.8. The highest BCUT2D eigenvalue weighted by Gasteiger charge is 2.24. The van der Waals surface area contributed by atoms with Crippen LogP contribution in [0.4, 0.5) is 0 Å². The summed E-state index contributed by atoms with van der Waals surface area (Å²) < 4.78 is 5.81. The second-order valence-corrected chi connectivity index (χ2v) is 5.89. The van der Waals surface area contributed by atoms with Crippen molar-refractivity contribution in [1.29, 1.82) is 0 Å². The monoisotopic (exact) mass is 330 g/mol. The van der Waals surface area contributed by atoms with Gasteiger partial charge >= 0.3 is 11.9 Å². The fourth-order valence-corrected chi connectivity index (χ4v) is 2.65. The summed E-state index contributed by atoms with van der Waals surface area (Å²) in [5.41, 5.74) is 1.07. The van der Waals surface area contributed by atoms with E-state index < -0.39 is 17.9 Å². The molecule has 0 aromatic heterocycles. The molecule has 0 amide bonds. The van der Waals surface area contributed by atoms with Crippen LogP contribution in [0.2, 0.25) is 0 Å². The van der Waals surface area contributed by atoms with Gasteiger partial charge in [-0.1, -0.05) is 37.1 Å². The molecule has 0 aliphatic rings. The molecule has 2 aromatic carbocycles. The van der Waals surface area contributed by atoms with E-state index in [4.69, 9.17) is 14.9 Å². The average Bonchev–Trinajstić information content (AvgIpc) is 2.53. The largest absolute Gasteiger partial charge is 0.493 e. The third-order valence-corrected chi connectivity index (χ3v) is 4.03. The number of aryl methyl sites for hydroxylation is 1. The van der Waals surface area contributed by atoms with E-state index in [1.54, 1.807) is 0 Å². The molecule has 0 saturated carbocycles. The second-order valence-electron chi connectivity index (χ2n) is 5.89. The van der Waals surface area contributed by atoms with Crippen LogP contribution in [-0.2, 0) is 9.59 Å². The van der Waals surface area contributed by atoms with Crippen LogP contribution >= 0.6 is 0 Å². The Morgan fingerprint density at radius 3 is 2.25 bits per heavy atom. The summed E-state index contributed by atoms with van der Waals surface area (Å²) in [5, 5.41) is 19.9. The molecule has 2 N–H and O–H groups in total. The zero-order valence-electron chi connectivity index (χ0n) is 13.7. The van der Waals surface area contributed by atoms with Crippen molar-refractivity contribution in [3.05, 3.63) is 42.0 Å². The first-order valence-electron chi connectivity index (χ1n) is 8.07. The zero-order chi connectivity index (χ0) is 17.5. The summed E-state index contributed by atoms with van der Waals surface area (Å²) in [5.74, 6) is -3.01. The Hall–Kier alpha value is -2.56. The molecule has 24 heavy (non-hydrogen) atoms. The summed E-state index contributed by atoms with van der Waals surface area (Å²) in [6, 6.07) is 12.2. The van der Waals surface area contributed by atoms with E-state index in [0.29, 0.717) is 13.0 Å². The first-order valence-corrected chi connectivity index (χ1v) is 8.07. The molecule has 0 bridgehead atoms. The van der Waals surface area contributed by atoms with Crippen LogP contribution in [0.5, 0.6) is 5.75 Å². The Morgan fingerprint density at radius 1 is 1.00 bits per heavy atom. The molecule has 0 aliphatic heterocycles. The summed E-state index contributed by atoms with van der Waals surface area (Å²) in [6.07, 6.45) is 2.21. The lowest BCUT2D eigenvalue weighted by Gasteiger charge is -2.11. The number of fused-ring (bicyclic) bond motifs is 1. The number of hydrogen-bond acceptors (Lipinski definition) is 3. The van der Waals surface area contributed by atoms with Gasteiger partial charge in [-0.05, 0) is 48.2 Å². The van der Waals surface area contributed by atoms with E-state index >= 15 is 0 Å². The van der Waals surface area contributed by atoms with Crippen molar-refractivity contribution in [3.8, 4) is 5.75 Å². The van der Waals surface area contributed by atoms with Crippen molar-refractivity contribution < 1.29 is 24.5 Å². The molecule has 2 rings (SSSR count). The van der Waals surface area contributed by atoms with Gasteiger partial charge in [-0.2, -0.15) is 0 Å². The number of carboxylic acid groups (broad SMARTS) is 2. The van der Waals surface area contributed by atoms with Crippen LogP contribution in [-0.4, -0.2) is 28.8 Å². The van der Waals surface area contributed by atoms with Gasteiger partial charge in [0.2, 0.25) is 0 Å². The average molecular weight is 330 g/mol. The number of carbonyl (C=O) groups is 2. The van der Waals surface area contributed by atoms with Crippen molar-refractivity contribution >= 4 is 22.7 Å². The fourth-order valence-electron chi connectivity index (χ4n) is 2.65. The van der Waals surface area contributed by atoms with Gasteiger partial charge in [0.05, 0.1) is 6.61 Å². The maximum atomic E-state index is 10.8. The minimum atomic E-state index is -1.31. The van der Waals surface area contributed by atoms with Gasteiger partial charge in [-0.25, -0.2) is 0 Å². The maximum Gasteiger partial charge on any atom is 0.317 e. The van der Waals surface area contributed by atoms with E-state index in [2.05, 4.69) is 12.1 Å². The van der Waals surface area contributed by atoms with Crippen LogP contribution in [0.1, 0.15) is 31.2 Å². The SMILES string of the molecule is Cc1cc2ccccc2cc1OCCCCCC(C(=O)O)C(=O)O. The molecular formula is C19H22O5. The first kappa shape index (κ1) is 17.8. The van der Waals surface area contributed by atoms with Crippen molar-refractivity contribution in [2.24, 2.45) is 5.92 Å². The molecule has 0 saturated heterocycles. The number of hydrogen-bond donors (Lipinski definition) is 2. The smallest absolute Gasteiger partial charge is 0.317 e. The fraction of sp³-hybridized carbons (Fsp3) is 0.368.